The molecule has 0 aliphatic heterocycles. The Morgan fingerprint density at radius 3 is 2.09 bits per heavy atom. The van der Waals surface area contributed by atoms with Crippen molar-refractivity contribution in [3.63, 3.8) is 0 Å². The smallest absolute Gasteiger partial charge is 0.336 e. The highest BCUT2D eigenvalue weighted by Crippen LogP contribution is 2.26. The number of amides is 2. The highest BCUT2D eigenvalue weighted by Gasteiger charge is 2.23. The van der Waals surface area contributed by atoms with Crippen molar-refractivity contribution in [1.82, 2.24) is 5.32 Å². The molecule has 32 heavy (non-hydrogen) atoms. The predicted octanol–water partition coefficient (Wildman–Crippen LogP) is 3.32. The fraction of sp³-hybridized carbons (Fsp3) is 0.0435. The summed E-state index contributed by atoms with van der Waals surface area (Å²) in [7, 11) is 1.34. The topological polar surface area (TPSA) is 131 Å². The summed E-state index contributed by atoms with van der Waals surface area (Å²) >= 11 is 0. The van der Waals surface area contributed by atoms with E-state index < -0.39 is 23.3 Å². The summed E-state index contributed by atoms with van der Waals surface area (Å²) in [5.41, 5.74) is -0.502. The average molecular weight is 434 g/mol. The second kappa shape index (κ2) is 9.90. The minimum Gasteiger partial charge on any atom is -0.478 e. The second-order valence-corrected chi connectivity index (χ2v) is 6.39. The molecule has 3 N–H and O–H groups in total. The standard InChI is InChI=1S/C23H18N2O7/c1-24-21(27)19-11-17(18(23(29)30)12-20(19)31-13-26)22(28)25-14-7-9-16(10-8-14)32-15-5-3-2-4-6-15/h2-13H,1H3,(H,24,27)(H,25,28)(H,29,30). The van der Waals surface area contributed by atoms with Crippen LogP contribution in [0.2, 0.25) is 0 Å². The molecule has 0 atom stereocenters. The maximum Gasteiger partial charge on any atom is 0.336 e. The van der Waals surface area contributed by atoms with E-state index in [1.807, 2.05) is 18.2 Å². The highest BCUT2D eigenvalue weighted by atomic mass is 16.5. The van der Waals surface area contributed by atoms with Crippen LogP contribution >= 0.6 is 0 Å². The van der Waals surface area contributed by atoms with Gasteiger partial charge in [0.05, 0.1) is 16.7 Å². The third-order valence-corrected chi connectivity index (χ3v) is 4.33. The van der Waals surface area contributed by atoms with Gasteiger partial charge in [-0.05, 0) is 48.5 Å². The van der Waals surface area contributed by atoms with Crippen LogP contribution in [-0.4, -0.2) is 36.4 Å². The van der Waals surface area contributed by atoms with Gasteiger partial charge < -0.3 is 25.2 Å². The van der Waals surface area contributed by atoms with Crippen molar-refractivity contribution >= 4 is 29.9 Å². The van der Waals surface area contributed by atoms with E-state index >= 15 is 0 Å². The molecule has 3 rings (SSSR count). The minimum absolute atomic E-state index is 0.0617. The molecule has 0 aliphatic rings. The maximum atomic E-state index is 12.8. The number of ether oxygens (including phenoxy) is 2. The van der Waals surface area contributed by atoms with Gasteiger partial charge >= 0.3 is 5.97 Å². The van der Waals surface area contributed by atoms with E-state index in [9.17, 15) is 24.3 Å². The first kappa shape index (κ1) is 22.0. The molecule has 0 unspecified atom stereocenters. The van der Waals surface area contributed by atoms with E-state index in [2.05, 4.69) is 10.6 Å². The Hall–Kier alpha value is -4.66. The Labute approximate surface area is 182 Å². The zero-order valence-corrected chi connectivity index (χ0v) is 16.8. The van der Waals surface area contributed by atoms with Gasteiger partial charge in [0.25, 0.3) is 18.3 Å². The van der Waals surface area contributed by atoms with Crippen molar-refractivity contribution in [1.29, 1.82) is 0 Å². The number of carbonyl (C=O) groups is 4. The molecule has 9 nitrogen and oxygen atoms in total. The van der Waals surface area contributed by atoms with Crippen LogP contribution in [0.25, 0.3) is 0 Å². The molecule has 0 fully saturated rings. The fourth-order valence-electron chi connectivity index (χ4n) is 2.84. The number of nitrogens with one attached hydrogen (secondary N) is 2. The first-order valence-electron chi connectivity index (χ1n) is 9.31. The molecule has 0 aliphatic carbocycles. The van der Waals surface area contributed by atoms with Crippen LogP contribution in [0.5, 0.6) is 17.2 Å². The van der Waals surface area contributed by atoms with Crippen LogP contribution in [0.3, 0.4) is 0 Å². The predicted molar refractivity (Wildman–Crippen MR) is 114 cm³/mol. The van der Waals surface area contributed by atoms with E-state index in [0.29, 0.717) is 17.2 Å². The average Bonchev–Trinajstić information content (AvgIpc) is 2.80. The molecule has 0 bridgehead atoms. The van der Waals surface area contributed by atoms with Gasteiger partial charge in [0.1, 0.15) is 17.2 Å². The van der Waals surface area contributed by atoms with E-state index in [0.717, 1.165) is 12.1 Å². The summed E-state index contributed by atoms with van der Waals surface area (Å²) in [4.78, 5) is 47.3. The molecule has 3 aromatic rings. The number of benzene rings is 3. The molecule has 9 heteroatoms. The highest BCUT2D eigenvalue weighted by molar-refractivity contribution is 6.13. The Balaban J connectivity index is 1.87. The number of anilines is 1. The van der Waals surface area contributed by atoms with Crippen molar-refractivity contribution in [2.75, 3.05) is 12.4 Å². The lowest BCUT2D eigenvalue weighted by Gasteiger charge is -2.13. The maximum absolute atomic E-state index is 12.8. The molecule has 0 heterocycles. The summed E-state index contributed by atoms with van der Waals surface area (Å²) in [5, 5.41) is 14.4. The Morgan fingerprint density at radius 2 is 1.50 bits per heavy atom. The quantitative estimate of drug-likeness (QED) is 0.464. The van der Waals surface area contributed by atoms with Crippen molar-refractivity contribution in [3.05, 3.63) is 83.4 Å². The van der Waals surface area contributed by atoms with Crippen LogP contribution in [0.4, 0.5) is 5.69 Å². The molecule has 0 radical (unpaired) electrons. The van der Waals surface area contributed by atoms with Gasteiger partial charge in [-0.3, -0.25) is 14.4 Å². The first-order chi connectivity index (χ1) is 15.4. The number of rotatable bonds is 8. The van der Waals surface area contributed by atoms with Crippen LogP contribution in [-0.2, 0) is 4.79 Å². The summed E-state index contributed by atoms with van der Waals surface area (Å²) in [6.45, 7) is 0.0617. The number of aromatic carboxylic acids is 1. The molecule has 3 aromatic carbocycles. The molecule has 2 amide bonds. The van der Waals surface area contributed by atoms with Gasteiger partial charge in [0.2, 0.25) is 0 Å². The number of carboxylic acid groups (broad SMARTS) is 1. The van der Waals surface area contributed by atoms with E-state index in [1.54, 1.807) is 36.4 Å². The molecule has 0 aromatic heterocycles. The van der Waals surface area contributed by atoms with Crippen LogP contribution < -0.4 is 20.1 Å². The lowest BCUT2D eigenvalue weighted by Crippen LogP contribution is -2.22. The van der Waals surface area contributed by atoms with Crippen molar-refractivity contribution in [3.8, 4) is 17.2 Å². The molecular formula is C23H18N2O7. The molecule has 0 saturated carbocycles. The van der Waals surface area contributed by atoms with Gasteiger partial charge in [0.15, 0.2) is 0 Å². The first-order valence-corrected chi connectivity index (χ1v) is 9.31. The van der Waals surface area contributed by atoms with Gasteiger partial charge in [-0.25, -0.2) is 4.79 Å². The van der Waals surface area contributed by atoms with Gasteiger partial charge in [-0.15, -0.1) is 0 Å². The largest absolute Gasteiger partial charge is 0.478 e. The summed E-state index contributed by atoms with van der Waals surface area (Å²) in [6.07, 6.45) is 0. The monoisotopic (exact) mass is 434 g/mol. The van der Waals surface area contributed by atoms with E-state index in [4.69, 9.17) is 9.47 Å². The van der Waals surface area contributed by atoms with Crippen molar-refractivity contribution < 1.29 is 33.8 Å². The number of hydrogen-bond acceptors (Lipinski definition) is 6. The molecular weight excluding hydrogens is 416 g/mol. The molecule has 0 saturated heterocycles. The summed E-state index contributed by atoms with van der Waals surface area (Å²) < 4.78 is 10.4. The fourth-order valence-corrected chi connectivity index (χ4v) is 2.84. The van der Waals surface area contributed by atoms with Gasteiger partial charge in [-0.2, -0.15) is 0 Å². The Morgan fingerprint density at radius 1 is 0.844 bits per heavy atom. The third-order valence-electron chi connectivity index (χ3n) is 4.33. The summed E-state index contributed by atoms with van der Waals surface area (Å²) in [6, 6.07) is 17.6. The lowest BCUT2D eigenvalue weighted by molar-refractivity contribution is -0.120. The Kier molecular flexibility index (Phi) is 6.81. The number of hydrogen-bond donors (Lipinski definition) is 3. The minimum atomic E-state index is -1.43. The molecule has 162 valence electrons. The second-order valence-electron chi connectivity index (χ2n) is 6.39. The van der Waals surface area contributed by atoms with Crippen LogP contribution in [0, 0.1) is 0 Å². The normalized spacial score (nSPS) is 10.0. The number of carboxylic acids is 1. The van der Waals surface area contributed by atoms with Crippen molar-refractivity contribution in [2.24, 2.45) is 0 Å². The van der Waals surface area contributed by atoms with Gasteiger partial charge in [0, 0.05) is 12.7 Å². The summed E-state index contributed by atoms with van der Waals surface area (Å²) in [5.74, 6) is -1.94. The van der Waals surface area contributed by atoms with Crippen LogP contribution in [0.1, 0.15) is 31.1 Å². The molecule has 0 spiro atoms. The zero-order valence-electron chi connectivity index (χ0n) is 16.8. The number of para-hydroxylation sites is 1. The van der Waals surface area contributed by atoms with E-state index in [-0.39, 0.29) is 23.3 Å². The zero-order chi connectivity index (χ0) is 23.1. The SMILES string of the molecule is CNC(=O)c1cc(C(=O)Nc2ccc(Oc3ccccc3)cc2)c(C(=O)O)cc1OC=O. The van der Waals surface area contributed by atoms with Crippen LogP contribution in [0.15, 0.2) is 66.7 Å². The third kappa shape index (κ3) is 5.08. The Bertz CT molecular complexity index is 1160. The number of carbonyl (C=O) groups excluding carboxylic acids is 3. The lowest BCUT2D eigenvalue weighted by atomic mass is 10.0. The van der Waals surface area contributed by atoms with Gasteiger partial charge in [-0.1, -0.05) is 18.2 Å². The van der Waals surface area contributed by atoms with E-state index in [1.165, 1.54) is 7.05 Å². The van der Waals surface area contributed by atoms with Crippen molar-refractivity contribution in [2.45, 2.75) is 0 Å².